The van der Waals surface area contributed by atoms with Gasteiger partial charge in [-0.25, -0.2) is 4.39 Å². The number of benzene rings is 2. The Kier molecular flexibility index (Phi) is 3.74. The second-order valence-corrected chi connectivity index (χ2v) is 4.25. The second kappa shape index (κ2) is 5.46. The fraction of sp³-hybridized carbons (Fsp3) is 0.188. The summed E-state index contributed by atoms with van der Waals surface area (Å²) in [6.45, 7) is 2.13. The van der Waals surface area contributed by atoms with Crippen LogP contribution in [0.2, 0.25) is 0 Å². The lowest BCUT2D eigenvalue weighted by Crippen LogP contribution is -1.88. The van der Waals surface area contributed by atoms with Crippen molar-refractivity contribution >= 4 is 0 Å². The van der Waals surface area contributed by atoms with E-state index in [2.05, 4.69) is 6.92 Å². The number of halogens is 1. The SMILES string of the molecule is CCCc1ccc(-c2ccc(C#N)cc2F)cc1. The molecule has 0 atom stereocenters. The normalized spacial score (nSPS) is 10.1. The van der Waals surface area contributed by atoms with Crippen LogP contribution in [0.15, 0.2) is 42.5 Å². The molecule has 1 nitrogen and oxygen atoms in total. The minimum Gasteiger partial charge on any atom is -0.206 e. The molecule has 2 heteroatoms. The summed E-state index contributed by atoms with van der Waals surface area (Å²) < 4.78 is 13.8. The van der Waals surface area contributed by atoms with Crippen molar-refractivity contribution in [1.29, 1.82) is 5.26 Å². The predicted octanol–water partition coefficient (Wildman–Crippen LogP) is 4.32. The van der Waals surface area contributed by atoms with Crippen LogP contribution >= 0.6 is 0 Å². The predicted molar refractivity (Wildman–Crippen MR) is 70.5 cm³/mol. The van der Waals surface area contributed by atoms with Gasteiger partial charge < -0.3 is 0 Å². The van der Waals surface area contributed by atoms with Crippen LogP contribution in [0.3, 0.4) is 0 Å². The summed E-state index contributed by atoms with van der Waals surface area (Å²) >= 11 is 0. The van der Waals surface area contributed by atoms with E-state index in [0.717, 1.165) is 18.4 Å². The van der Waals surface area contributed by atoms with E-state index < -0.39 is 0 Å². The fourth-order valence-electron chi connectivity index (χ4n) is 1.96. The minimum atomic E-state index is -0.350. The molecule has 0 amide bonds. The summed E-state index contributed by atoms with van der Waals surface area (Å²) in [7, 11) is 0. The van der Waals surface area contributed by atoms with Crippen molar-refractivity contribution in [3.05, 3.63) is 59.4 Å². The van der Waals surface area contributed by atoms with E-state index in [1.807, 2.05) is 30.3 Å². The molecule has 0 heterocycles. The third-order valence-corrected chi connectivity index (χ3v) is 2.90. The first kappa shape index (κ1) is 12.3. The lowest BCUT2D eigenvalue weighted by atomic mass is 10.0. The largest absolute Gasteiger partial charge is 0.206 e. The zero-order valence-corrected chi connectivity index (χ0v) is 10.3. The van der Waals surface area contributed by atoms with E-state index in [1.165, 1.54) is 11.6 Å². The Balaban J connectivity index is 2.34. The van der Waals surface area contributed by atoms with Crippen molar-refractivity contribution in [1.82, 2.24) is 0 Å². The van der Waals surface area contributed by atoms with Gasteiger partial charge in [-0.15, -0.1) is 0 Å². The van der Waals surface area contributed by atoms with E-state index in [1.54, 1.807) is 12.1 Å². The molecule has 2 aromatic carbocycles. The molecule has 0 aliphatic rings. The summed E-state index contributed by atoms with van der Waals surface area (Å²) in [6.07, 6.45) is 2.14. The summed E-state index contributed by atoms with van der Waals surface area (Å²) in [6, 6.07) is 14.4. The van der Waals surface area contributed by atoms with Gasteiger partial charge in [-0.3, -0.25) is 0 Å². The van der Waals surface area contributed by atoms with Crippen LogP contribution in [-0.2, 0) is 6.42 Å². The number of nitriles is 1. The molecule has 0 saturated carbocycles. The first-order valence-electron chi connectivity index (χ1n) is 6.03. The van der Waals surface area contributed by atoms with Crippen molar-refractivity contribution in [2.75, 3.05) is 0 Å². The van der Waals surface area contributed by atoms with E-state index in [-0.39, 0.29) is 5.82 Å². The molecule has 0 saturated heterocycles. The van der Waals surface area contributed by atoms with Crippen LogP contribution < -0.4 is 0 Å². The molecule has 2 aromatic rings. The summed E-state index contributed by atoms with van der Waals surface area (Å²) in [5.41, 5.74) is 2.99. The highest BCUT2D eigenvalue weighted by Gasteiger charge is 2.06. The maximum atomic E-state index is 13.8. The average molecular weight is 239 g/mol. The number of rotatable bonds is 3. The molecule has 90 valence electrons. The summed E-state index contributed by atoms with van der Waals surface area (Å²) in [5, 5.41) is 8.70. The first-order valence-corrected chi connectivity index (χ1v) is 6.03. The molecule has 0 spiro atoms. The highest BCUT2D eigenvalue weighted by atomic mass is 19.1. The zero-order valence-electron chi connectivity index (χ0n) is 10.3. The van der Waals surface area contributed by atoms with Crippen molar-refractivity contribution in [2.24, 2.45) is 0 Å². The zero-order chi connectivity index (χ0) is 13.0. The molecule has 0 unspecified atom stereocenters. The summed E-state index contributed by atoms with van der Waals surface area (Å²) in [4.78, 5) is 0. The molecular formula is C16H14FN. The van der Waals surface area contributed by atoms with Gasteiger partial charge in [-0.05, 0) is 29.7 Å². The number of hydrogen-bond acceptors (Lipinski definition) is 1. The smallest absolute Gasteiger partial charge is 0.132 e. The van der Waals surface area contributed by atoms with Crippen molar-refractivity contribution in [3.63, 3.8) is 0 Å². The molecule has 18 heavy (non-hydrogen) atoms. The standard InChI is InChI=1S/C16H14FN/c1-2-3-12-4-7-14(8-5-12)15-9-6-13(11-18)10-16(15)17/h4-10H,2-3H2,1H3. The quantitative estimate of drug-likeness (QED) is 0.782. The molecule has 0 aliphatic carbocycles. The van der Waals surface area contributed by atoms with Gasteiger partial charge >= 0.3 is 0 Å². The Morgan fingerprint density at radius 2 is 1.83 bits per heavy atom. The van der Waals surface area contributed by atoms with Gasteiger partial charge in [0.1, 0.15) is 5.82 Å². The third kappa shape index (κ3) is 2.57. The Labute approximate surface area is 107 Å². The molecular weight excluding hydrogens is 225 g/mol. The lowest BCUT2D eigenvalue weighted by Gasteiger charge is -2.05. The molecule has 0 N–H and O–H groups in total. The van der Waals surface area contributed by atoms with Gasteiger partial charge in [0.15, 0.2) is 0 Å². The van der Waals surface area contributed by atoms with Crippen LogP contribution in [0.5, 0.6) is 0 Å². The summed E-state index contributed by atoms with van der Waals surface area (Å²) in [5.74, 6) is -0.350. The van der Waals surface area contributed by atoms with Crippen molar-refractivity contribution in [3.8, 4) is 17.2 Å². The van der Waals surface area contributed by atoms with Gasteiger partial charge in [-0.2, -0.15) is 5.26 Å². The first-order chi connectivity index (χ1) is 8.74. The van der Waals surface area contributed by atoms with Crippen LogP contribution in [0.1, 0.15) is 24.5 Å². The molecule has 0 bridgehead atoms. The Morgan fingerprint density at radius 1 is 1.11 bits per heavy atom. The van der Waals surface area contributed by atoms with Crippen LogP contribution in [0, 0.1) is 17.1 Å². The van der Waals surface area contributed by atoms with E-state index >= 15 is 0 Å². The van der Waals surface area contributed by atoms with Gasteiger partial charge in [0.2, 0.25) is 0 Å². The average Bonchev–Trinajstić information content (AvgIpc) is 2.40. The van der Waals surface area contributed by atoms with Crippen molar-refractivity contribution < 1.29 is 4.39 Å². The van der Waals surface area contributed by atoms with E-state index in [4.69, 9.17) is 5.26 Å². The van der Waals surface area contributed by atoms with E-state index in [9.17, 15) is 4.39 Å². The van der Waals surface area contributed by atoms with Gasteiger partial charge in [-0.1, -0.05) is 43.7 Å². The van der Waals surface area contributed by atoms with Crippen LogP contribution in [0.25, 0.3) is 11.1 Å². The number of nitrogens with zero attached hydrogens (tertiary/aromatic N) is 1. The Hall–Kier alpha value is -2.14. The molecule has 0 fully saturated rings. The van der Waals surface area contributed by atoms with Gasteiger partial charge in [0.05, 0.1) is 11.6 Å². The lowest BCUT2D eigenvalue weighted by molar-refractivity contribution is 0.631. The molecule has 0 aromatic heterocycles. The second-order valence-electron chi connectivity index (χ2n) is 4.25. The fourth-order valence-corrected chi connectivity index (χ4v) is 1.96. The third-order valence-electron chi connectivity index (χ3n) is 2.90. The molecule has 0 radical (unpaired) electrons. The van der Waals surface area contributed by atoms with Crippen LogP contribution in [-0.4, -0.2) is 0 Å². The topological polar surface area (TPSA) is 23.8 Å². The monoisotopic (exact) mass is 239 g/mol. The number of aryl methyl sites for hydroxylation is 1. The Bertz CT molecular complexity index is 579. The van der Waals surface area contributed by atoms with Crippen molar-refractivity contribution in [2.45, 2.75) is 19.8 Å². The molecule has 2 rings (SSSR count). The van der Waals surface area contributed by atoms with Gasteiger partial charge in [0.25, 0.3) is 0 Å². The maximum Gasteiger partial charge on any atom is 0.132 e. The number of hydrogen-bond donors (Lipinski definition) is 0. The molecule has 0 aliphatic heterocycles. The Morgan fingerprint density at radius 3 is 2.39 bits per heavy atom. The van der Waals surface area contributed by atoms with Gasteiger partial charge in [0, 0.05) is 5.56 Å². The highest BCUT2D eigenvalue weighted by molar-refractivity contribution is 5.65. The minimum absolute atomic E-state index is 0.346. The maximum absolute atomic E-state index is 13.8. The van der Waals surface area contributed by atoms with E-state index in [0.29, 0.717) is 11.1 Å². The highest BCUT2D eigenvalue weighted by Crippen LogP contribution is 2.24. The van der Waals surface area contributed by atoms with Crippen LogP contribution in [0.4, 0.5) is 4.39 Å².